The van der Waals surface area contributed by atoms with Gasteiger partial charge in [-0.15, -0.1) is 24.0 Å². The Hall–Kier alpha value is -1.32. The largest absolute Gasteiger partial charge is 0.359 e. The quantitative estimate of drug-likeness (QED) is 0.359. The van der Waals surface area contributed by atoms with Crippen molar-refractivity contribution < 1.29 is 9.32 Å². The van der Waals surface area contributed by atoms with Gasteiger partial charge in [0.25, 0.3) is 0 Å². The number of hydrogen-bond acceptors (Lipinski definition) is 4. The Labute approximate surface area is 173 Å². The van der Waals surface area contributed by atoms with Gasteiger partial charge in [-0.1, -0.05) is 19.0 Å². The second-order valence-corrected chi connectivity index (χ2v) is 6.58. The summed E-state index contributed by atoms with van der Waals surface area (Å²) in [6.07, 6.45) is 3.52. The van der Waals surface area contributed by atoms with E-state index in [0.717, 1.165) is 43.2 Å². The smallest absolute Gasteiger partial charge is 0.222 e. The van der Waals surface area contributed by atoms with Gasteiger partial charge < -0.3 is 20.1 Å². The van der Waals surface area contributed by atoms with Crippen molar-refractivity contribution in [2.24, 2.45) is 4.99 Å². The Morgan fingerprint density at radius 2 is 2.15 bits per heavy atom. The van der Waals surface area contributed by atoms with E-state index < -0.39 is 0 Å². The van der Waals surface area contributed by atoms with Crippen molar-refractivity contribution in [3.05, 3.63) is 17.5 Å². The van der Waals surface area contributed by atoms with E-state index in [2.05, 4.69) is 34.6 Å². The minimum absolute atomic E-state index is 0. The Morgan fingerprint density at radius 1 is 1.42 bits per heavy atom. The average molecular weight is 477 g/mol. The van der Waals surface area contributed by atoms with Crippen molar-refractivity contribution in [1.82, 2.24) is 20.7 Å². The zero-order valence-corrected chi connectivity index (χ0v) is 18.6. The van der Waals surface area contributed by atoms with Crippen molar-refractivity contribution in [2.75, 3.05) is 20.1 Å². The summed E-state index contributed by atoms with van der Waals surface area (Å²) in [4.78, 5) is 18.0. The van der Waals surface area contributed by atoms with E-state index in [1.807, 2.05) is 20.0 Å². The molecule has 7 nitrogen and oxygen atoms in total. The first-order valence-electron chi connectivity index (χ1n) is 9.31. The fourth-order valence-electron chi connectivity index (χ4n) is 3.10. The Kier molecular flexibility index (Phi) is 9.97. The van der Waals surface area contributed by atoms with E-state index in [1.165, 1.54) is 0 Å². The SMILES string of the molecule is CCNC(=NCc1cc(C(CC)CC)no1)NC1CCC(=O)N(C)C1.I. The summed E-state index contributed by atoms with van der Waals surface area (Å²) in [5.74, 6) is 2.17. The van der Waals surface area contributed by atoms with E-state index in [4.69, 9.17) is 4.52 Å². The molecule has 1 aliphatic heterocycles. The highest BCUT2D eigenvalue weighted by atomic mass is 127. The van der Waals surface area contributed by atoms with Crippen LogP contribution in [0.1, 0.15) is 63.8 Å². The molecule has 1 amide bonds. The van der Waals surface area contributed by atoms with Crippen LogP contribution in [0.5, 0.6) is 0 Å². The van der Waals surface area contributed by atoms with Crippen LogP contribution in [0.4, 0.5) is 0 Å². The average Bonchev–Trinajstić information content (AvgIpc) is 3.06. The van der Waals surface area contributed by atoms with Crippen LogP contribution in [0.25, 0.3) is 0 Å². The predicted octanol–water partition coefficient (Wildman–Crippen LogP) is 2.87. The second-order valence-electron chi connectivity index (χ2n) is 6.58. The monoisotopic (exact) mass is 477 g/mol. The maximum atomic E-state index is 11.6. The number of guanidine groups is 1. The van der Waals surface area contributed by atoms with Gasteiger partial charge in [0.15, 0.2) is 11.7 Å². The number of piperidine rings is 1. The van der Waals surface area contributed by atoms with Crippen molar-refractivity contribution in [3.8, 4) is 0 Å². The molecule has 0 aliphatic carbocycles. The number of rotatable bonds is 7. The first-order chi connectivity index (χ1) is 12.1. The molecular weight excluding hydrogens is 445 g/mol. The lowest BCUT2D eigenvalue weighted by Gasteiger charge is -2.31. The van der Waals surface area contributed by atoms with Gasteiger partial charge in [-0.05, 0) is 26.2 Å². The molecule has 1 fully saturated rings. The first-order valence-corrected chi connectivity index (χ1v) is 9.31. The van der Waals surface area contributed by atoms with E-state index >= 15 is 0 Å². The molecule has 1 saturated heterocycles. The Morgan fingerprint density at radius 3 is 2.77 bits per heavy atom. The molecule has 2 N–H and O–H groups in total. The summed E-state index contributed by atoms with van der Waals surface area (Å²) in [5, 5.41) is 10.9. The van der Waals surface area contributed by atoms with Crippen LogP contribution in [0.15, 0.2) is 15.6 Å². The van der Waals surface area contributed by atoms with Crippen LogP contribution in [0.3, 0.4) is 0 Å². The molecule has 148 valence electrons. The van der Waals surface area contributed by atoms with E-state index in [-0.39, 0.29) is 35.9 Å². The van der Waals surface area contributed by atoms with Crippen LogP contribution >= 0.6 is 24.0 Å². The zero-order valence-electron chi connectivity index (χ0n) is 16.2. The van der Waals surface area contributed by atoms with Gasteiger partial charge >= 0.3 is 0 Å². The van der Waals surface area contributed by atoms with Crippen molar-refractivity contribution >= 4 is 35.8 Å². The third-order valence-corrected chi connectivity index (χ3v) is 4.69. The first kappa shape index (κ1) is 22.7. The molecule has 0 aromatic carbocycles. The standard InChI is InChI=1S/C18H31N5O2.HI/c1-5-13(6-2)16-10-15(25-22-16)11-20-18(19-7-3)21-14-8-9-17(24)23(4)12-14;/h10,13-14H,5-9,11-12H2,1-4H3,(H2,19,20,21);1H. The molecule has 1 aromatic heterocycles. The molecule has 1 atom stereocenters. The maximum absolute atomic E-state index is 11.6. The molecular formula is C18H32IN5O2. The molecule has 1 aromatic rings. The van der Waals surface area contributed by atoms with Crippen molar-refractivity contribution in [3.63, 3.8) is 0 Å². The predicted molar refractivity (Wildman–Crippen MR) is 114 cm³/mol. The van der Waals surface area contributed by atoms with Gasteiger partial charge in [0, 0.05) is 44.6 Å². The molecule has 8 heteroatoms. The molecule has 0 saturated carbocycles. The minimum Gasteiger partial charge on any atom is -0.359 e. The summed E-state index contributed by atoms with van der Waals surface area (Å²) >= 11 is 0. The Balaban J connectivity index is 0.00000338. The lowest BCUT2D eigenvalue weighted by atomic mass is 9.99. The van der Waals surface area contributed by atoms with Crippen LogP contribution < -0.4 is 10.6 Å². The molecule has 2 rings (SSSR count). The fraction of sp³-hybridized carbons (Fsp3) is 0.722. The lowest BCUT2D eigenvalue weighted by Crippen LogP contribution is -2.51. The topological polar surface area (TPSA) is 82.8 Å². The number of aromatic nitrogens is 1. The van der Waals surface area contributed by atoms with Crippen LogP contribution in [0, 0.1) is 0 Å². The summed E-state index contributed by atoms with van der Waals surface area (Å²) in [6, 6.07) is 2.23. The normalized spacial score (nSPS) is 18.0. The summed E-state index contributed by atoms with van der Waals surface area (Å²) in [5.41, 5.74) is 1.01. The van der Waals surface area contributed by atoms with E-state index in [0.29, 0.717) is 25.4 Å². The highest BCUT2D eigenvalue weighted by Crippen LogP contribution is 2.22. The molecule has 1 unspecified atom stereocenters. The van der Waals surface area contributed by atoms with Crippen molar-refractivity contribution in [1.29, 1.82) is 0 Å². The fourth-order valence-corrected chi connectivity index (χ4v) is 3.10. The lowest BCUT2D eigenvalue weighted by molar-refractivity contribution is -0.132. The van der Waals surface area contributed by atoms with Gasteiger partial charge in [-0.3, -0.25) is 4.79 Å². The summed E-state index contributed by atoms with van der Waals surface area (Å²) in [7, 11) is 1.84. The van der Waals surface area contributed by atoms with E-state index in [9.17, 15) is 4.79 Å². The number of likely N-dealkylation sites (tertiary alicyclic amines) is 1. The number of amides is 1. The number of aliphatic imine (C=N–C) groups is 1. The highest BCUT2D eigenvalue weighted by Gasteiger charge is 2.23. The number of hydrogen-bond donors (Lipinski definition) is 2. The third-order valence-electron chi connectivity index (χ3n) is 4.69. The number of nitrogens with one attached hydrogen (secondary N) is 2. The van der Waals surface area contributed by atoms with Gasteiger partial charge in [0.05, 0.1) is 5.69 Å². The summed E-state index contributed by atoms with van der Waals surface area (Å²) < 4.78 is 5.43. The van der Waals surface area contributed by atoms with Crippen LogP contribution in [-0.2, 0) is 11.3 Å². The second kappa shape index (κ2) is 11.4. The van der Waals surface area contributed by atoms with E-state index in [1.54, 1.807) is 4.90 Å². The van der Waals surface area contributed by atoms with Crippen LogP contribution in [0.2, 0.25) is 0 Å². The molecule has 2 heterocycles. The van der Waals surface area contributed by atoms with Crippen LogP contribution in [-0.4, -0.2) is 48.1 Å². The molecule has 0 radical (unpaired) electrons. The van der Waals surface area contributed by atoms with Gasteiger partial charge in [0.2, 0.25) is 5.91 Å². The maximum Gasteiger partial charge on any atom is 0.222 e. The number of likely N-dealkylation sites (N-methyl/N-ethyl adjacent to an activating group) is 1. The number of carbonyl (C=O) groups is 1. The highest BCUT2D eigenvalue weighted by molar-refractivity contribution is 14.0. The minimum atomic E-state index is 0. The molecule has 1 aliphatic rings. The van der Waals surface area contributed by atoms with Gasteiger partial charge in [0.1, 0.15) is 6.54 Å². The number of carbonyl (C=O) groups excluding carboxylic acids is 1. The molecule has 26 heavy (non-hydrogen) atoms. The molecule has 0 spiro atoms. The summed E-state index contributed by atoms with van der Waals surface area (Å²) in [6.45, 7) is 8.30. The zero-order chi connectivity index (χ0) is 18.2. The molecule has 0 bridgehead atoms. The number of halogens is 1. The number of nitrogens with zero attached hydrogens (tertiary/aromatic N) is 3. The van der Waals surface area contributed by atoms with Gasteiger partial charge in [-0.25, -0.2) is 4.99 Å². The van der Waals surface area contributed by atoms with Crippen molar-refractivity contribution in [2.45, 2.75) is 65.0 Å². The third kappa shape index (κ3) is 6.44. The Bertz CT molecular complexity index is 586. The van der Waals surface area contributed by atoms with Gasteiger partial charge in [-0.2, -0.15) is 0 Å².